The van der Waals surface area contributed by atoms with Gasteiger partial charge in [0.1, 0.15) is 0 Å². The van der Waals surface area contributed by atoms with E-state index in [4.69, 9.17) is 17.2 Å². The van der Waals surface area contributed by atoms with Crippen LogP contribution in [0.15, 0.2) is 0 Å². The maximum Gasteiger partial charge on any atom is 0.0852 e. The average molecular weight is 294 g/mol. The third-order valence-electron chi connectivity index (χ3n) is 3.27. The molecule has 6 heteroatoms. The van der Waals surface area contributed by atoms with Gasteiger partial charge >= 0.3 is 0 Å². The molecule has 0 fully saturated rings. The molecule has 0 unspecified atom stereocenters. The number of rotatable bonds is 9. The Morgan fingerprint density at radius 1 is 0.571 bits per heavy atom. The highest BCUT2D eigenvalue weighted by molar-refractivity contribution is 6.05. The summed E-state index contributed by atoms with van der Waals surface area (Å²) in [7, 11) is 0. The average Bonchev–Trinajstić information content (AvgIpc) is 2.47. The van der Waals surface area contributed by atoms with Gasteiger partial charge in [-0.25, -0.2) is 0 Å². The molecule has 1 rings (SSSR count). The molecule has 0 aliphatic carbocycles. The first-order chi connectivity index (χ1) is 10.1. The molecule has 1 aromatic rings. The summed E-state index contributed by atoms with van der Waals surface area (Å²) in [6, 6.07) is 0. The van der Waals surface area contributed by atoms with Crippen LogP contribution in [0.25, 0.3) is 0 Å². The molecular formula is C15H30N6. The molecule has 1 aromatic carbocycles. The number of benzene rings is 1. The van der Waals surface area contributed by atoms with Gasteiger partial charge < -0.3 is 33.2 Å². The summed E-state index contributed by atoms with van der Waals surface area (Å²) in [5.74, 6) is 0. The second kappa shape index (κ2) is 8.34. The number of anilines is 6. The molecule has 0 aliphatic heterocycles. The number of hydrogen-bond donors (Lipinski definition) is 6. The van der Waals surface area contributed by atoms with Crippen LogP contribution in [0.3, 0.4) is 0 Å². The first-order valence-corrected chi connectivity index (χ1v) is 7.80. The Labute approximate surface area is 127 Å². The van der Waals surface area contributed by atoms with Gasteiger partial charge in [-0.05, 0) is 19.3 Å². The predicted molar refractivity (Wildman–Crippen MR) is 96.0 cm³/mol. The van der Waals surface area contributed by atoms with Crippen molar-refractivity contribution >= 4 is 34.1 Å². The van der Waals surface area contributed by atoms with E-state index < -0.39 is 0 Å². The molecular weight excluding hydrogens is 264 g/mol. The monoisotopic (exact) mass is 294 g/mol. The lowest BCUT2D eigenvalue weighted by Crippen LogP contribution is -2.15. The molecule has 0 amide bonds. The van der Waals surface area contributed by atoms with E-state index >= 15 is 0 Å². The number of nitrogens with two attached hydrogens (primary N) is 3. The molecule has 9 N–H and O–H groups in total. The van der Waals surface area contributed by atoms with E-state index in [0.29, 0.717) is 17.1 Å². The Hall–Kier alpha value is -1.98. The van der Waals surface area contributed by atoms with Gasteiger partial charge in [0.15, 0.2) is 0 Å². The zero-order chi connectivity index (χ0) is 15.8. The minimum atomic E-state index is 0.592. The van der Waals surface area contributed by atoms with Crippen molar-refractivity contribution in [3.63, 3.8) is 0 Å². The second-order valence-corrected chi connectivity index (χ2v) is 5.15. The van der Waals surface area contributed by atoms with Crippen molar-refractivity contribution < 1.29 is 0 Å². The van der Waals surface area contributed by atoms with Crippen molar-refractivity contribution in [2.75, 3.05) is 52.8 Å². The van der Waals surface area contributed by atoms with Gasteiger partial charge in [-0.2, -0.15) is 0 Å². The van der Waals surface area contributed by atoms with Crippen LogP contribution in [0.2, 0.25) is 0 Å². The molecule has 0 saturated heterocycles. The summed E-state index contributed by atoms with van der Waals surface area (Å²) in [6.07, 6.45) is 3.00. The lowest BCUT2D eigenvalue weighted by molar-refractivity contribution is 0.971. The fraction of sp³-hybridized carbons (Fsp3) is 0.600. The molecule has 0 heterocycles. The van der Waals surface area contributed by atoms with E-state index in [2.05, 4.69) is 36.7 Å². The number of nitrogen functional groups attached to an aromatic ring is 3. The molecule has 120 valence electrons. The van der Waals surface area contributed by atoms with E-state index in [9.17, 15) is 0 Å². The number of nitrogens with one attached hydrogen (secondary N) is 3. The molecule has 21 heavy (non-hydrogen) atoms. The van der Waals surface area contributed by atoms with Gasteiger partial charge in [0, 0.05) is 19.6 Å². The maximum atomic E-state index is 6.25. The molecule has 0 saturated carbocycles. The Morgan fingerprint density at radius 2 is 0.810 bits per heavy atom. The van der Waals surface area contributed by atoms with E-state index in [1.807, 2.05) is 0 Å². The summed E-state index contributed by atoms with van der Waals surface area (Å²) in [6.45, 7) is 8.76. The molecule has 6 nitrogen and oxygen atoms in total. The topological polar surface area (TPSA) is 114 Å². The first kappa shape index (κ1) is 17.1. The lowest BCUT2D eigenvalue weighted by atomic mass is 10.1. The van der Waals surface area contributed by atoms with Crippen LogP contribution in [0.1, 0.15) is 40.0 Å². The van der Waals surface area contributed by atoms with Crippen molar-refractivity contribution in [3.05, 3.63) is 0 Å². The first-order valence-electron chi connectivity index (χ1n) is 7.80. The Bertz CT molecular complexity index is 370. The lowest BCUT2D eigenvalue weighted by Gasteiger charge is -2.23. The van der Waals surface area contributed by atoms with Crippen molar-refractivity contribution in [2.24, 2.45) is 0 Å². The van der Waals surface area contributed by atoms with E-state index in [0.717, 1.165) is 56.0 Å². The third kappa shape index (κ3) is 4.00. The summed E-state index contributed by atoms with van der Waals surface area (Å²) in [5, 5.41) is 9.92. The molecule has 0 aromatic heterocycles. The highest BCUT2D eigenvalue weighted by Crippen LogP contribution is 2.45. The zero-order valence-electron chi connectivity index (χ0n) is 13.5. The third-order valence-corrected chi connectivity index (χ3v) is 3.27. The molecule has 0 atom stereocenters. The van der Waals surface area contributed by atoms with Gasteiger partial charge in [0.05, 0.1) is 34.1 Å². The van der Waals surface area contributed by atoms with Crippen LogP contribution in [-0.4, -0.2) is 19.6 Å². The van der Waals surface area contributed by atoms with E-state index in [1.165, 1.54) is 0 Å². The van der Waals surface area contributed by atoms with Gasteiger partial charge in [0.2, 0.25) is 0 Å². The molecule has 0 aliphatic rings. The maximum absolute atomic E-state index is 6.25. The number of hydrogen-bond acceptors (Lipinski definition) is 6. The van der Waals surface area contributed by atoms with Crippen molar-refractivity contribution in [2.45, 2.75) is 40.0 Å². The summed E-state index contributed by atoms with van der Waals surface area (Å²) in [5.41, 5.74) is 22.8. The van der Waals surface area contributed by atoms with Gasteiger partial charge in [0.25, 0.3) is 0 Å². The summed E-state index contributed by atoms with van der Waals surface area (Å²) < 4.78 is 0. The second-order valence-electron chi connectivity index (χ2n) is 5.15. The van der Waals surface area contributed by atoms with Crippen LogP contribution >= 0.6 is 0 Å². The summed E-state index contributed by atoms with van der Waals surface area (Å²) in [4.78, 5) is 0. The van der Waals surface area contributed by atoms with Gasteiger partial charge in [-0.1, -0.05) is 20.8 Å². The highest BCUT2D eigenvalue weighted by atomic mass is 15.0. The zero-order valence-corrected chi connectivity index (χ0v) is 13.5. The van der Waals surface area contributed by atoms with E-state index in [1.54, 1.807) is 0 Å². The van der Waals surface area contributed by atoms with Crippen molar-refractivity contribution in [1.29, 1.82) is 0 Å². The van der Waals surface area contributed by atoms with Crippen LogP contribution in [0, 0.1) is 0 Å². The minimum Gasteiger partial charge on any atom is -0.395 e. The molecule has 0 radical (unpaired) electrons. The van der Waals surface area contributed by atoms with Gasteiger partial charge in [-0.3, -0.25) is 0 Å². The molecule has 0 bridgehead atoms. The fourth-order valence-corrected chi connectivity index (χ4v) is 2.13. The fourth-order valence-electron chi connectivity index (χ4n) is 2.13. The smallest absolute Gasteiger partial charge is 0.0852 e. The Morgan fingerprint density at radius 3 is 1.00 bits per heavy atom. The van der Waals surface area contributed by atoms with Crippen LogP contribution in [0.5, 0.6) is 0 Å². The van der Waals surface area contributed by atoms with Crippen molar-refractivity contribution in [1.82, 2.24) is 0 Å². The minimum absolute atomic E-state index is 0.592. The van der Waals surface area contributed by atoms with Crippen LogP contribution < -0.4 is 33.2 Å². The largest absolute Gasteiger partial charge is 0.395 e. The predicted octanol–water partition coefficient (Wildman–Crippen LogP) is 2.90. The quantitative estimate of drug-likeness (QED) is 0.390. The standard InChI is InChI=1S/C15H30N6/c1-4-7-19-13-10(16)14(20-8-5-2)12(18)15(11(13)17)21-9-6-3/h19-21H,4-9,16-18H2,1-3H3. The SMILES string of the molecule is CCCNc1c(N)c(NCCC)c(N)c(NCCC)c1N. The normalized spacial score (nSPS) is 10.4. The Kier molecular flexibility index (Phi) is 6.78. The van der Waals surface area contributed by atoms with Gasteiger partial charge in [-0.15, -0.1) is 0 Å². The highest BCUT2D eigenvalue weighted by Gasteiger charge is 2.18. The Balaban J connectivity index is 3.27. The van der Waals surface area contributed by atoms with Crippen LogP contribution in [-0.2, 0) is 0 Å². The van der Waals surface area contributed by atoms with Crippen molar-refractivity contribution in [3.8, 4) is 0 Å². The summed E-state index contributed by atoms with van der Waals surface area (Å²) >= 11 is 0. The molecule has 0 spiro atoms. The van der Waals surface area contributed by atoms with E-state index in [-0.39, 0.29) is 0 Å². The van der Waals surface area contributed by atoms with Crippen LogP contribution in [0.4, 0.5) is 34.1 Å².